The molecule has 1 aliphatic heterocycles. The number of benzene rings is 3. The van der Waals surface area contributed by atoms with Gasteiger partial charge in [-0.3, -0.25) is 9.59 Å². The molecule has 2 amide bonds. The summed E-state index contributed by atoms with van der Waals surface area (Å²) >= 11 is 0. The molecular formula is C30H31N3O3. The molecule has 5 rings (SSSR count). The number of nitrogens with zero attached hydrogens (tertiary/aromatic N) is 2. The minimum atomic E-state index is -0.591. The van der Waals surface area contributed by atoms with Crippen LogP contribution in [0.3, 0.4) is 0 Å². The molecule has 0 saturated heterocycles. The Labute approximate surface area is 211 Å². The third-order valence-electron chi connectivity index (χ3n) is 7.16. The number of aromatic nitrogens is 1. The minimum absolute atomic E-state index is 0.0846. The van der Waals surface area contributed by atoms with Crippen molar-refractivity contribution in [2.45, 2.75) is 25.3 Å². The third kappa shape index (κ3) is 4.07. The standard InChI is InChI=1S/C30H31N3O3/c1-4-20-11-5-9-15-25(20)31-29(34)27-22-13-6-7-14-23(22)30(35)33(17-18-36-3)28(27)24-19-32(2)26-16-10-8-12-21(24)26/h5-16,19,27-28H,4,17-18H2,1-3H3,(H,31,34)/t27-,28+/m0/s1. The van der Waals surface area contributed by atoms with Crippen LogP contribution in [0.2, 0.25) is 0 Å². The Balaban J connectivity index is 1.70. The van der Waals surface area contributed by atoms with Crippen LogP contribution in [-0.4, -0.2) is 41.5 Å². The van der Waals surface area contributed by atoms with Crippen LogP contribution < -0.4 is 5.32 Å². The molecule has 6 nitrogen and oxygen atoms in total. The Hall–Kier alpha value is -3.90. The number of aryl methyl sites for hydroxylation is 2. The molecule has 3 aromatic carbocycles. The molecule has 0 aliphatic carbocycles. The van der Waals surface area contributed by atoms with Crippen molar-refractivity contribution in [1.82, 2.24) is 9.47 Å². The number of carbonyl (C=O) groups excluding carboxylic acids is 2. The molecule has 0 unspecified atom stereocenters. The number of hydrogen-bond acceptors (Lipinski definition) is 3. The van der Waals surface area contributed by atoms with E-state index >= 15 is 0 Å². The van der Waals surface area contributed by atoms with Gasteiger partial charge >= 0.3 is 0 Å². The van der Waals surface area contributed by atoms with Gasteiger partial charge < -0.3 is 19.5 Å². The van der Waals surface area contributed by atoms with Crippen LogP contribution in [0.1, 0.15) is 45.9 Å². The van der Waals surface area contributed by atoms with Crippen molar-refractivity contribution >= 4 is 28.4 Å². The molecule has 0 bridgehead atoms. The predicted molar refractivity (Wildman–Crippen MR) is 142 cm³/mol. The molecule has 1 aromatic heterocycles. The smallest absolute Gasteiger partial charge is 0.254 e. The SMILES string of the molecule is CCc1ccccc1NC(=O)[C@H]1c2ccccc2C(=O)N(CCOC)[C@@H]1c1cn(C)c2ccccc12. The second-order valence-electron chi connectivity index (χ2n) is 9.21. The number of amides is 2. The topological polar surface area (TPSA) is 63.6 Å². The van der Waals surface area contributed by atoms with E-state index in [0.717, 1.165) is 39.7 Å². The minimum Gasteiger partial charge on any atom is -0.383 e. The summed E-state index contributed by atoms with van der Waals surface area (Å²) in [4.78, 5) is 29.8. The van der Waals surface area contributed by atoms with Crippen molar-refractivity contribution in [3.8, 4) is 0 Å². The molecule has 0 radical (unpaired) electrons. The van der Waals surface area contributed by atoms with Gasteiger partial charge in [-0.2, -0.15) is 0 Å². The van der Waals surface area contributed by atoms with Crippen molar-refractivity contribution in [2.24, 2.45) is 7.05 Å². The number of hydrogen-bond donors (Lipinski definition) is 1. The highest BCUT2D eigenvalue weighted by atomic mass is 16.5. The molecule has 1 N–H and O–H groups in total. The van der Waals surface area contributed by atoms with Crippen molar-refractivity contribution in [1.29, 1.82) is 0 Å². The highest BCUT2D eigenvalue weighted by Crippen LogP contribution is 2.45. The van der Waals surface area contributed by atoms with Gasteiger partial charge in [0.15, 0.2) is 0 Å². The van der Waals surface area contributed by atoms with Crippen LogP contribution in [-0.2, 0) is 23.0 Å². The number of rotatable bonds is 7. The van der Waals surface area contributed by atoms with Crippen LogP contribution in [0.5, 0.6) is 0 Å². The number of ether oxygens (including phenoxy) is 1. The molecule has 0 fully saturated rings. The average molecular weight is 482 g/mol. The molecular weight excluding hydrogens is 450 g/mol. The van der Waals surface area contributed by atoms with E-state index in [2.05, 4.69) is 35.1 Å². The molecule has 0 saturated carbocycles. The molecule has 1 aliphatic rings. The van der Waals surface area contributed by atoms with Crippen molar-refractivity contribution < 1.29 is 14.3 Å². The maximum Gasteiger partial charge on any atom is 0.254 e. The summed E-state index contributed by atoms with van der Waals surface area (Å²) in [5, 5.41) is 4.24. The van der Waals surface area contributed by atoms with Gasteiger partial charge in [-0.1, -0.05) is 61.5 Å². The molecule has 2 atom stereocenters. The normalized spacial score (nSPS) is 17.3. The summed E-state index contributed by atoms with van der Waals surface area (Å²) in [6.45, 7) is 2.83. The van der Waals surface area contributed by atoms with E-state index in [9.17, 15) is 9.59 Å². The van der Waals surface area contributed by atoms with E-state index in [1.54, 1.807) is 7.11 Å². The van der Waals surface area contributed by atoms with E-state index in [0.29, 0.717) is 18.7 Å². The lowest BCUT2D eigenvalue weighted by Gasteiger charge is -2.41. The fourth-order valence-corrected chi connectivity index (χ4v) is 5.43. The van der Waals surface area contributed by atoms with Gasteiger partial charge in [-0.05, 0) is 35.7 Å². The van der Waals surface area contributed by atoms with E-state index < -0.39 is 12.0 Å². The monoisotopic (exact) mass is 481 g/mol. The lowest BCUT2D eigenvalue weighted by Crippen LogP contribution is -2.47. The van der Waals surface area contributed by atoms with Gasteiger partial charge in [-0.25, -0.2) is 0 Å². The van der Waals surface area contributed by atoms with E-state index in [4.69, 9.17) is 4.74 Å². The van der Waals surface area contributed by atoms with E-state index in [1.165, 1.54) is 0 Å². The second kappa shape index (κ2) is 9.99. The number of carbonyl (C=O) groups is 2. The number of anilines is 1. The lowest BCUT2D eigenvalue weighted by molar-refractivity contribution is -0.119. The lowest BCUT2D eigenvalue weighted by atomic mass is 9.79. The third-order valence-corrected chi connectivity index (χ3v) is 7.16. The van der Waals surface area contributed by atoms with Crippen LogP contribution in [0.4, 0.5) is 5.69 Å². The quantitative estimate of drug-likeness (QED) is 0.389. The zero-order valence-electron chi connectivity index (χ0n) is 20.9. The first kappa shape index (κ1) is 23.8. The Morgan fingerprint density at radius 2 is 1.69 bits per heavy atom. The Morgan fingerprint density at radius 3 is 2.50 bits per heavy atom. The maximum atomic E-state index is 14.2. The van der Waals surface area contributed by atoms with Crippen molar-refractivity contribution in [2.75, 3.05) is 25.6 Å². The fourth-order valence-electron chi connectivity index (χ4n) is 5.43. The zero-order valence-corrected chi connectivity index (χ0v) is 20.9. The highest BCUT2D eigenvalue weighted by Gasteiger charge is 2.45. The van der Waals surface area contributed by atoms with Crippen molar-refractivity contribution in [3.63, 3.8) is 0 Å². The van der Waals surface area contributed by atoms with Crippen molar-refractivity contribution in [3.05, 3.63) is 101 Å². The molecule has 184 valence electrons. The number of fused-ring (bicyclic) bond motifs is 2. The summed E-state index contributed by atoms with van der Waals surface area (Å²) in [5.41, 5.74) is 5.20. The molecule has 4 aromatic rings. The van der Waals surface area contributed by atoms with Crippen LogP contribution >= 0.6 is 0 Å². The maximum absolute atomic E-state index is 14.2. The number of para-hydroxylation sites is 2. The molecule has 36 heavy (non-hydrogen) atoms. The van der Waals surface area contributed by atoms with Gasteiger partial charge in [0.05, 0.1) is 18.6 Å². The first-order valence-electron chi connectivity index (χ1n) is 12.4. The Bertz CT molecular complexity index is 1420. The average Bonchev–Trinajstić information content (AvgIpc) is 3.24. The second-order valence-corrected chi connectivity index (χ2v) is 9.21. The summed E-state index contributed by atoms with van der Waals surface area (Å²) in [6, 6.07) is 23.0. The summed E-state index contributed by atoms with van der Waals surface area (Å²) in [6.07, 6.45) is 2.86. The summed E-state index contributed by atoms with van der Waals surface area (Å²) in [7, 11) is 3.62. The van der Waals surface area contributed by atoms with Gasteiger partial charge in [-0.15, -0.1) is 0 Å². The van der Waals surface area contributed by atoms with E-state index in [1.807, 2.05) is 72.6 Å². The first-order valence-corrected chi connectivity index (χ1v) is 12.4. The fraction of sp³-hybridized carbons (Fsp3) is 0.267. The highest BCUT2D eigenvalue weighted by molar-refractivity contribution is 6.05. The molecule has 2 heterocycles. The molecule has 6 heteroatoms. The Morgan fingerprint density at radius 1 is 0.972 bits per heavy atom. The van der Waals surface area contributed by atoms with Crippen LogP contribution in [0, 0.1) is 0 Å². The van der Waals surface area contributed by atoms with Crippen LogP contribution in [0.15, 0.2) is 79.0 Å². The van der Waals surface area contributed by atoms with Crippen LogP contribution in [0.25, 0.3) is 10.9 Å². The van der Waals surface area contributed by atoms with Gasteiger partial charge in [0.25, 0.3) is 5.91 Å². The van der Waals surface area contributed by atoms with Gasteiger partial charge in [0.1, 0.15) is 0 Å². The number of nitrogens with one attached hydrogen (secondary N) is 1. The molecule has 0 spiro atoms. The van der Waals surface area contributed by atoms with Gasteiger partial charge in [0, 0.05) is 54.6 Å². The summed E-state index contributed by atoms with van der Waals surface area (Å²) in [5.74, 6) is -0.804. The zero-order chi connectivity index (χ0) is 25.2. The Kier molecular flexibility index (Phi) is 6.61. The predicted octanol–water partition coefficient (Wildman–Crippen LogP) is 5.31. The number of methoxy groups -OCH3 is 1. The van der Waals surface area contributed by atoms with Gasteiger partial charge in [0.2, 0.25) is 5.91 Å². The van der Waals surface area contributed by atoms with E-state index in [-0.39, 0.29) is 11.8 Å². The summed E-state index contributed by atoms with van der Waals surface area (Å²) < 4.78 is 7.44. The first-order chi connectivity index (χ1) is 17.5. The largest absolute Gasteiger partial charge is 0.383 e.